The van der Waals surface area contributed by atoms with Gasteiger partial charge in [0.25, 0.3) is 5.91 Å². The molecule has 0 aliphatic carbocycles. The number of hydrogen-bond donors (Lipinski definition) is 0. The van der Waals surface area contributed by atoms with Gasteiger partial charge in [-0.3, -0.25) is 4.79 Å². The summed E-state index contributed by atoms with van der Waals surface area (Å²) in [7, 11) is 0. The third-order valence-electron chi connectivity index (χ3n) is 4.64. The number of halogens is 1. The topological polar surface area (TPSA) is 45.7 Å². The van der Waals surface area contributed by atoms with Crippen LogP contribution in [0.1, 0.15) is 29.6 Å². The molecule has 3 aliphatic heterocycles. The normalized spacial score (nSPS) is 27.7. The number of amides is 1. The van der Waals surface area contributed by atoms with Crippen molar-refractivity contribution in [2.24, 2.45) is 0 Å². The molecule has 0 spiro atoms. The number of rotatable bonds is 2. The van der Waals surface area contributed by atoms with E-state index >= 15 is 0 Å². The highest BCUT2D eigenvalue weighted by Gasteiger charge is 2.45. The van der Waals surface area contributed by atoms with E-state index in [1.807, 2.05) is 11.0 Å². The van der Waals surface area contributed by atoms with Gasteiger partial charge < -0.3 is 14.5 Å². The van der Waals surface area contributed by atoms with Crippen LogP contribution in [0.15, 0.2) is 12.1 Å². The van der Waals surface area contributed by atoms with Crippen LogP contribution in [-0.2, 0) is 4.74 Å². The highest BCUT2D eigenvalue weighted by atomic mass is 35.5. The van der Waals surface area contributed by atoms with Gasteiger partial charge in [0.2, 0.25) is 0 Å². The number of carbonyl (C=O) groups excluding carboxylic acids is 1. The summed E-state index contributed by atoms with van der Waals surface area (Å²) >= 11 is 6.13. The molecule has 0 radical (unpaired) electrons. The number of anilines is 1. The maximum absolute atomic E-state index is 12.7. The van der Waals surface area contributed by atoms with E-state index in [1.165, 1.54) is 12.8 Å². The van der Waals surface area contributed by atoms with Gasteiger partial charge in [0.15, 0.2) is 0 Å². The summed E-state index contributed by atoms with van der Waals surface area (Å²) in [6, 6.07) is 4.03. The molecule has 3 saturated heterocycles. The lowest BCUT2D eigenvalue weighted by molar-refractivity contribution is -0.104. The third-order valence-corrected chi connectivity index (χ3v) is 4.84. The van der Waals surface area contributed by atoms with E-state index in [0.717, 1.165) is 25.3 Å². The first-order valence-corrected chi connectivity index (χ1v) is 7.93. The number of fused-ring (bicyclic) bond motifs is 2. The van der Waals surface area contributed by atoms with Crippen molar-refractivity contribution in [3.05, 3.63) is 22.8 Å². The lowest BCUT2D eigenvalue weighted by Gasteiger charge is -2.52. The monoisotopic (exact) mass is 307 g/mol. The Hall–Kier alpha value is -1.33. The fraction of sp³-hybridized carbons (Fsp3) is 0.600. The molecular weight excluding hydrogens is 290 g/mol. The highest BCUT2D eigenvalue weighted by Crippen LogP contribution is 2.33. The molecule has 2 atom stereocenters. The van der Waals surface area contributed by atoms with Gasteiger partial charge in [0.1, 0.15) is 11.0 Å². The molecule has 21 heavy (non-hydrogen) atoms. The van der Waals surface area contributed by atoms with E-state index in [1.54, 1.807) is 6.07 Å². The van der Waals surface area contributed by atoms with Crippen LogP contribution in [0.5, 0.6) is 0 Å². The summed E-state index contributed by atoms with van der Waals surface area (Å²) in [6.07, 6.45) is 3.40. The van der Waals surface area contributed by atoms with Crippen LogP contribution in [0.3, 0.4) is 0 Å². The zero-order valence-electron chi connectivity index (χ0n) is 11.8. The first kappa shape index (κ1) is 13.3. The molecule has 3 fully saturated rings. The second-order valence-corrected chi connectivity index (χ2v) is 6.41. The van der Waals surface area contributed by atoms with Crippen molar-refractivity contribution in [1.82, 2.24) is 9.88 Å². The Bertz CT molecular complexity index is 560. The Kier molecular flexibility index (Phi) is 3.27. The average molecular weight is 308 g/mol. The van der Waals surface area contributed by atoms with Crippen LogP contribution in [-0.4, -0.2) is 54.2 Å². The van der Waals surface area contributed by atoms with Gasteiger partial charge in [-0.2, -0.15) is 0 Å². The van der Waals surface area contributed by atoms with Crippen LogP contribution in [0.4, 0.5) is 5.82 Å². The summed E-state index contributed by atoms with van der Waals surface area (Å²) in [5.74, 6) is 0.884. The fourth-order valence-corrected chi connectivity index (χ4v) is 3.74. The SMILES string of the molecule is O=C(c1cc(Cl)nc(N2CCCC2)c1)N1C2COCC1C2. The van der Waals surface area contributed by atoms with Crippen LogP contribution in [0.2, 0.25) is 5.15 Å². The standard InChI is InChI=1S/C15H18ClN3O2/c16-13-5-10(6-14(17-13)18-3-1-2-4-18)15(20)19-11-7-12(19)9-21-8-11/h5-6,11-12H,1-4,7-9H2. The molecule has 4 rings (SSSR count). The Labute approximate surface area is 128 Å². The van der Waals surface area contributed by atoms with E-state index in [2.05, 4.69) is 9.88 Å². The van der Waals surface area contributed by atoms with Gasteiger partial charge in [-0.25, -0.2) is 4.98 Å². The van der Waals surface area contributed by atoms with Crippen LogP contribution < -0.4 is 4.90 Å². The number of pyridine rings is 1. The number of carbonyl (C=O) groups is 1. The van der Waals surface area contributed by atoms with Crippen molar-refractivity contribution in [2.75, 3.05) is 31.2 Å². The van der Waals surface area contributed by atoms with Gasteiger partial charge in [-0.05, 0) is 31.4 Å². The Morgan fingerprint density at radius 1 is 1.24 bits per heavy atom. The van der Waals surface area contributed by atoms with Crippen LogP contribution >= 0.6 is 11.6 Å². The van der Waals surface area contributed by atoms with Crippen LogP contribution in [0.25, 0.3) is 0 Å². The minimum Gasteiger partial charge on any atom is -0.377 e. The minimum absolute atomic E-state index is 0.0595. The molecule has 0 saturated carbocycles. The maximum atomic E-state index is 12.7. The van der Waals surface area contributed by atoms with E-state index in [0.29, 0.717) is 23.9 Å². The van der Waals surface area contributed by atoms with Crippen molar-refractivity contribution in [3.63, 3.8) is 0 Å². The quantitative estimate of drug-likeness (QED) is 0.784. The van der Waals surface area contributed by atoms with E-state index < -0.39 is 0 Å². The number of morpholine rings is 1. The molecule has 6 heteroatoms. The van der Waals surface area contributed by atoms with E-state index in [4.69, 9.17) is 16.3 Å². The maximum Gasteiger partial charge on any atom is 0.254 e. The first-order valence-electron chi connectivity index (χ1n) is 7.55. The molecule has 3 aliphatic rings. The second kappa shape index (κ2) is 5.14. The van der Waals surface area contributed by atoms with Crippen molar-refractivity contribution in [3.8, 4) is 0 Å². The molecule has 1 aromatic heterocycles. The summed E-state index contributed by atoms with van der Waals surface area (Å²) in [4.78, 5) is 21.2. The lowest BCUT2D eigenvalue weighted by Crippen LogP contribution is -2.65. The molecule has 1 aromatic rings. The first-order chi connectivity index (χ1) is 10.2. The van der Waals surface area contributed by atoms with Crippen LogP contribution in [0, 0.1) is 0 Å². The molecule has 0 aromatic carbocycles. The highest BCUT2D eigenvalue weighted by molar-refractivity contribution is 6.30. The molecule has 2 bridgehead atoms. The Morgan fingerprint density at radius 2 is 1.95 bits per heavy atom. The minimum atomic E-state index is 0.0595. The number of nitrogens with zero attached hydrogens (tertiary/aromatic N) is 3. The molecule has 1 amide bonds. The van der Waals surface area contributed by atoms with Gasteiger partial charge in [-0.15, -0.1) is 0 Å². The molecule has 112 valence electrons. The summed E-state index contributed by atoms with van der Waals surface area (Å²) < 4.78 is 5.44. The number of ether oxygens (including phenoxy) is 1. The van der Waals surface area contributed by atoms with Crippen molar-refractivity contribution >= 4 is 23.3 Å². The average Bonchev–Trinajstić information content (AvgIpc) is 3.01. The van der Waals surface area contributed by atoms with E-state index in [9.17, 15) is 4.79 Å². The van der Waals surface area contributed by atoms with Gasteiger partial charge >= 0.3 is 0 Å². The molecule has 5 nitrogen and oxygen atoms in total. The van der Waals surface area contributed by atoms with Crippen molar-refractivity contribution < 1.29 is 9.53 Å². The summed E-state index contributed by atoms with van der Waals surface area (Å²) in [6.45, 7) is 3.29. The number of aromatic nitrogens is 1. The summed E-state index contributed by atoms with van der Waals surface area (Å²) in [5.41, 5.74) is 0.647. The zero-order chi connectivity index (χ0) is 14.4. The van der Waals surface area contributed by atoms with Gasteiger partial charge in [-0.1, -0.05) is 11.6 Å². The van der Waals surface area contributed by atoms with Gasteiger partial charge in [0, 0.05) is 18.7 Å². The smallest absolute Gasteiger partial charge is 0.254 e. The van der Waals surface area contributed by atoms with Gasteiger partial charge in [0.05, 0.1) is 25.3 Å². The molecule has 4 heterocycles. The Balaban J connectivity index is 1.60. The fourth-order valence-electron chi connectivity index (χ4n) is 3.53. The summed E-state index contributed by atoms with van der Waals surface area (Å²) in [5, 5.41) is 0.393. The predicted molar refractivity (Wildman–Crippen MR) is 79.9 cm³/mol. The molecule has 2 unspecified atom stereocenters. The lowest BCUT2D eigenvalue weighted by atomic mass is 9.90. The third kappa shape index (κ3) is 2.28. The molecular formula is C15H18ClN3O2. The number of hydrogen-bond acceptors (Lipinski definition) is 4. The largest absolute Gasteiger partial charge is 0.377 e. The zero-order valence-corrected chi connectivity index (χ0v) is 12.6. The second-order valence-electron chi connectivity index (χ2n) is 6.02. The van der Waals surface area contributed by atoms with E-state index in [-0.39, 0.29) is 18.0 Å². The Morgan fingerprint density at radius 3 is 2.62 bits per heavy atom. The van der Waals surface area contributed by atoms with Crippen molar-refractivity contribution in [1.29, 1.82) is 0 Å². The molecule has 0 N–H and O–H groups in total. The predicted octanol–water partition coefficient (Wildman–Crippen LogP) is 1.95. The van der Waals surface area contributed by atoms with Crippen molar-refractivity contribution in [2.45, 2.75) is 31.3 Å².